The molecule has 1 amide bonds. The summed E-state index contributed by atoms with van der Waals surface area (Å²) in [6, 6.07) is 1.31. The van der Waals surface area contributed by atoms with Crippen molar-refractivity contribution in [1.29, 1.82) is 0 Å². The number of amides is 1. The monoisotopic (exact) mass is 245 g/mol. The fourth-order valence-corrected chi connectivity index (χ4v) is 2.19. The summed E-state index contributed by atoms with van der Waals surface area (Å²) in [5.74, 6) is 0.338. The van der Waals surface area contributed by atoms with Crippen molar-refractivity contribution in [2.24, 2.45) is 0 Å². The van der Waals surface area contributed by atoms with Gasteiger partial charge < -0.3 is 9.32 Å². The van der Waals surface area contributed by atoms with Crippen LogP contribution in [-0.2, 0) is 27.9 Å². The molecule has 7 heteroatoms. The van der Waals surface area contributed by atoms with E-state index < -0.39 is 15.2 Å². The van der Waals surface area contributed by atoms with Gasteiger partial charge in [0.25, 0.3) is 0 Å². The fraction of sp³-hybridized carbons (Fsp3) is 0.444. The third-order valence-corrected chi connectivity index (χ3v) is 3.27. The predicted octanol–water partition coefficient (Wildman–Crippen LogP) is 0.431. The SMILES string of the molecule is CC(=O)N1CCc2cc(S(=O)(=O)O)oc2C1. The molecule has 0 aliphatic carbocycles. The summed E-state index contributed by atoms with van der Waals surface area (Å²) in [6.45, 7) is 2.23. The van der Waals surface area contributed by atoms with Gasteiger partial charge in [0.1, 0.15) is 5.76 Å². The molecule has 0 bridgehead atoms. The fourth-order valence-electron chi connectivity index (χ4n) is 1.69. The van der Waals surface area contributed by atoms with Gasteiger partial charge in [0.2, 0.25) is 11.0 Å². The molecule has 2 rings (SSSR count). The molecule has 1 aliphatic heterocycles. The Hall–Kier alpha value is -1.34. The smallest absolute Gasteiger partial charge is 0.328 e. The van der Waals surface area contributed by atoms with Gasteiger partial charge in [-0.3, -0.25) is 9.35 Å². The lowest BCUT2D eigenvalue weighted by molar-refractivity contribution is -0.130. The maximum absolute atomic E-state index is 11.1. The van der Waals surface area contributed by atoms with Crippen LogP contribution >= 0.6 is 0 Å². The lowest BCUT2D eigenvalue weighted by atomic mass is 10.1. The first kappa shape index (κ1) is 11.2. The van der Waals surface area contributed by atoms with E-state index in [4.69, 9.17) is 8.97 Å². The maximum atomic E-state index is 11.1. The van der Waals surface area contributed by atoms with Crippen molar-refractivity contribution in [1.82, 2.24) is 4.90 Å². The minimum atomic E-state index is -4.30. The quantitative estimate of drug-likeness (QED) is 0.725. The second-order valence-electron chi connectivity index (χ2n) is 3.68. The molecule has 1 aromatic heterocycles. The van der Waals surface area contributed by atoms with Crippen molar-refractivity contribution >= 4 is 16.0 Å². The minimum Gasteiger partial charge on any atom is -0.445 e. The van der Waals surface area contributed by atoms with Crippen LogP contribution in [0.5, 0.6) is 0 Å². The summed E-state index contributed by atoms with van der Waals surface area (Å²) in [4.78, 5) is 12.7. The van der Waals surface area contributed by atoms with Crippen molar-refractivity contribution in [3.05, 3.63) is 17.4 Å². The van der Waals surface area contributed by atoms with Crippen LogP contribution in [0.1, 0.15) is 18.2 Å². The highest BCUT2D eigenvalue weighted by atomic mass is 32.2. The summed E-state index contributed by atoms with van der Waals surface area (Å²) in [5.41, 5.74) is 0.727. The largest absolute Gasteiger partial charge is 0.445 e. The Morgan fingerprint density at radius 3 is 2.81 bits per heavy atom. The van der Waals surface area contributed by atoms with Gasteiger partial charge in [-0.15, -0.1) is 0 Å². The van der Waals surface area contributed by atoms with Gasteiger partial charge in [-0.2, -0.15) is 8.42 Å². The number of carbonyl (C=O) groups excluding carboxylic acids is 1. The van der Waals surface area contributed by atoms with E-state index in [1.54, 1.807) is 4.90 Å². The van der Waals surface area contributed by atoms with E-state index in [1.165, 1.54) is 13.0 Å². The normalized spacial score (nSPS) is 16.0. The van der Waals surface area contributed by atoms with Crippen LogP contribution in [0, 0.1) is 0 Å². The molecule has 0 saturated heterocycles. The first-order chi connectivity index (χ1) is 7.38. The highest BCUT2D eigenvalue weighted by molar-refractivity contribution is 7.85. The molecule has 88 valence electrons. The molecular formula is C9H11NO5S. The first-order valence-electron chi connectivity index (χ1n) is 4.72. The summed E-state index contributed by atoms with van der Waals surface area (Å²) >= 11 is 0. The Bertz CT molecular complexity index is 530. The number of nitrogens with zero attached hydrogens (tertiary/aromatic N) is 1. The van der Waals surface area contributed by atoms with Crippen LogP contribution < -0.4 is 0 Å². The molecule has 1 N–H and O–H groups in total. The molecule has 0 unspecified atom stereocenters. The Balaban J connectivity index is 2.34. The topological polar surface area (TPSA) is 87.8 Å². The van der Waals surface area contributed by atoms with Crippen molar-refractivity contribution in [2.75, 3.05) is 6.54 Å². The van der Waals surface area contributed by atoms with Gasteiger partial charge in [-0.05, 0) is 12.0 Å². The van der Waals surface area contributed by atoms with Gasteiger partial charge in [0.15, 0.2) is 0 Å². The highest BCUT2D eigenvalue weighted by Gasteiger charge is 2.25. The van der Waals surface area contributed by atoms with E-state index in [1.807, 2.05) is 0 Å². The number of fused-ring (bicyclic) bond motifs is 1. The number of hydrogen-bond acceptors (Lipinski definition) is 4. The Morgan fingerprint density at radius 1 is 1.56 bits per heavy atom. The van der Waals surface area contributed by atoms with Crippen molar-refractivity contribution < 1.29 is 22.2 Å². The summed E-state index contributed by atoms with van der Waals surface area (Å²) in [7, 11) is -4.30. The molecular weight excluding hydrogens is 234 g/mol. The van der Waals surface area contributed by atoms with Gasteiger partial charge in [0.05, 0.1) is 6.54 Å². The second-order valence-corrected chi connectivity index (χ2v) is 5.03. The van der Waals surface area contributed by atoms with Gasteiger partial charge in [-0.1, -0.05) is 0 Å². The molecule has 2 heterocycles. The molecule has 0 aromatic carbocycles. The summed E-state index contributed by atoms with van der Waals surface area (Å²) in [5, 5.41) is -0.456. The van der Waals surface area contributed by atoms with E-state index >= 15 is 0 Å². The number of furan rings is 1. The van der Waals surface area contributed by atoms with Gasteiger partial charge in [0, 0.05) is 19.5 Å². The number of hydrogen-bond donors (Lipinski definition) is 1. The Labute approximate surface area is 92.6 Å². The zero-order valence-corrected chi connectivity index (χ0v) is 9.45. The van der Waals surface area contributed by atoms with E-state index in [0.29, 0.717) is 18.7 Å². The van der Waals surface area contributed by atoms with Crippen LogP contribution in [0.15, 0.2) is 15.6 Å². The van der Waals surface area contributed by atoms with Gasteiger partial charge >= 0.3 is 10.1 Å². The van der Waals surface area contributed by atoms with Gasteiger partial charge in [-0.25, -0.2) is 0 Å². The molecule has 0 atom stereocenters. The van der Waals surface area contributed by atoms with Crippen LogP contribution in [-0.4, -0.2) is 30.3 Å². The zero-order chi connectivity index (χ0) is 11.9. The lowest BCUT2D eigenvalue weighted by Crippen LogP contribution is -2.33. The van der Waals surface area contributed by atoms with Crippen molar-refractivity contribution in [3.63, 3.8) is 0 Å². The van der Waals surface area contributed by atoms with Crippen LogP contribution in [0.3, 0.4) is 0 Å². The molecule has 1 aromatic rings. The van der Waals surface area contributed by atoms with E-state index in [0.717, 1.165) is 5.56 Å². The minimum absolute atomic E-state index is 0.0875. The average molecular weight is 245 g/mol. The molecule has 0 fully saturated rings. The Kier molecular flexibility index (Phi) is 2.51. The molecule has 0 radical (unpaired) electrons. The predicted molar refractivity (Wildman–Crippen MR) is 53.3 cm³/mol. The first-order valence-corrected chi connectivity index (χ1v) is 6.16. The van der Waals surface area contributed by atoms with Crippen LogP contribution in [0.4, 0.5) is 0 Å². The molecule has 16 heavy (non-hydrogen) atoms. The van der Waals surface area contributed by atoms with E-state index in [2.05, 4.69) is 0 Å². The maximum Gasteiger partial charge on any atom is 0.328 e. The molecule has 1 aliphatic rings. The van der Waals surface area contributed by atoms with Crippen LogP contribution in [0.2, 0.25) is 0 Å². The summed E-state index contributed by atoms with van der Waals surface area (Å²) < 4.78 is 35.5. The highest BCUT2D eigenvalue weighted by Crippen LogP contribution is 2.25. The van der Waals surface area contributed by atoms with E-state index in [-0.39, 0.29) is 12.5 Å². The zero-order valence-electron chi connectivity index (χ0n) is 8.63. The molecule has 6 nitrogen and oxygen atoms in total. The third kappa shape index (κ3) is 1.96. The molecule has 0 saturated carbocycles. The summed E-state index contributed by atoms with van der Waals surface area (Å²) in [6.07, 6.45) is 0.536. The number of carbonyl (C=O) groups is 1. The number of rotatable bonds is 1. The molecule has 0 spiro atoms. The average Bonchev–Trinajstić information content (AvgIpc) is 2.58. The van der Waals surface area contributed by atoms with Crippen LogP contribution in [0.25, 0.3) is 0 Å². The Morgan fingerprint density at radius 2 is 2.25 bits per heavy atom. The van der Waals surface area contributed by atoms with Crippen molar-refractivity contribution in [3.8, 4) is 0 Å². The lowest BCUT2D eigenvalue weighted by Gasteiger charge is -2.24. The van der Waals surface area contributed by atoms with Crippen molar-refractivity contribution in [2.45, 2.75) is 25.0 Å². The van der Waals surface area contributed by atoms with E-state index in [9.17, 15) is 13.2 Å². The standard InChI is InChI=1S/C9H11NO5S/c1-6(11)10-3-2-7-4-9(16(12,13)14)15-8(7)5-10/h4H,2-3,5H2,1H3,(H,12,13,14). The third-order valence-electron chi connectivity index (χ3n) is 2.56. The second kappa shape index (κ2) is 3.60.